The molecule has 0 bridgehead atoms. The summed E-state index contributed by atoms with van der Waals surface area (Å²) in [6.07, 6.45) is 7.03. The third kappa shape index (κ3) is 1.24. The largest absolute Gasteiger partial charge is 0.350 e. The van der Waals surface area contributed by atoms with E-state index >= 15 is 0 Å². The SMILES string of the molecule is CC12CCCCC1(C)C(C1OCCO1)C2. The molecule has 0 aromatic rings. The molecule has 2 aliphatic carbocycles. The summed E-state index contributed by atoms with van der Waals surface area (Å²) in [6.45, 7) is 6.53. The lowest BCUT2D eigenvalue weighted by Crippen LogP contribution is -2.60. The molecule has 0 N–H and O–H groups in total. The summed E-state index contributed by atoms with van der Waals surface area (Å²) in [5.41, 5.74) is 1.06. The Morgan fingerprint density at radius 3 is 2.33 bits per heavy atom. The highest BCUT2D eigenvalue weighted by Gasteiger charge is 2.63. The summed E-state index contributed by atoms with van der Waals surface area (Å²) in [7, 11) is 0. The molecule has 15 heavy (non-hydrogen) atoms. The van der Waals surface area contributed by atoms with Gasteiger partial charge >= 0.3 is 0 Å². The van der Waals surface area contributed by atoms with Crippen LogP contribution in [0.4, 0.5) is 0 Å². The van der Waals surface area contributed by atoms with Gasteiger partial charge in [-0.05, 0) is 30.1 Å². The van der Waals surface area contributed by atoms with Gasteiger partial charge < -0.3 is 9.47 Å². The first kappa shape index (κ1) is 10.1. The molecule has 1 saturated heterocycles. The number of rotatable bonds is 1. The molecule has 3 aliphatic rings. The van der Waals surface area contributed by atoms with Crippen molar-refractivity contribution in [2.24, 2.45) is 16.7 Å². The third-order valence-electron chi connectivity index (χ3n) is 5.52. The van der Waals surface area contributed by atoms with E-state index < -0.39 is 0 Å². The molecule has 0 aromatic carbocycles. The van der Waals surface area contributed by atoms with Crippen molar-refractivity contribution in [3.63, 3.8) is 0 Å². The minimum atomic E-state index is 0.112. The zero-order chi connectivity index (χ0) is 10.5. The molecule has 1 heterocycles. The fourth-order valence-electron chi connectivity index (χ4n) is 4.15. The Bertz CT molecular complexity index is 259. The van der Waals surface area contributed by atoms with E-state index in [1.165, 1.54) is 32.1 Å². The van der Waals surface area contributed by atoms with E-state index in [4.69, 9.17) is 9.47 Å². The summed E-state index contributed by atoms with van der Waals surface area (Å²) in [5, 5.41) is 0. The second-order valence-corrected chi connectivity index (χ2v) is 6.11. The summed E-state index contributed by atoms with van der Waals surface area (Å²) in [5.74, 6) is 0.658. The van der Waals surface area contributed by atoms with E-state index in [9.17, 15) is 0 Å². The van der Waals surface area contributed by atoms with Crippen LogP contribution in [0.5, 0.6) is 0 Å². The van der Waals surface area contributed by atoms with Crippen LogP contribution < -0.4 is 0 Å². The van der Waals surface area contributed by atoms with Crippen molar-refractivity contribution in [2.45, 2.75) is 52.2 Å². The summed E-state index contributed by atoms with van der Waals surface area (Å²) in [6, 6.07) is 0. The quantitative estimate of drug-likeness (QED) is 0.662. The van der Waals surface area contributed by atoms with E-state index in [0.717, 1.165) is 13.2 Å². The molecule has 3 fully saturated rings. The smallest absolute Gasteiger partial charge is 0.161 e. The van der Waals surface area contributed by atoms with Gasteiger partial charge in [0, 0.05) is 5.92 Å². The van der Waals surface area contributed by atoms with Gasteiger partial charge in [0.25, 0.3) is 0 Å². The molecule has 3 unspecified atom stereocenters. The number of hydrogen-bond acceptors (Lipinski definition) is 2. The molecule has 3 atom stereocenters. The lowest BCUT2D eigenvalue weighted by atomic mass is 9.40. The minimum Gasteiger partial charge on any atom is -0.350 e. The van der Waals surface area contributed by atoms with Crippen LogP contribution in [0.15, 0.2) is 0 Å². The van der Waals surface area contributed by atoms with Crippen LogP contribution in [0.1, 0.15) is 46.0 Å². The Kier molecular flexibility index (Phi) is 2.16. The first-order chi connectivity index (χ1) is 7.16. The number of fused-ring (bicyclic) bond motifs is 1. The van der Waals surface area contributed by atoms with E-state index in [0.29, 0.717) is 16.7 Å². The fourth-order valence-corrected chi connectivity index (χ4v) is 4.15. The van der Waals surface area contributed by atoms with Gasteiger partial charge in [0.2, 0.25) is 0 Å². The van der Waals surface area contributed by atoms with Crippen LogP contribution in [0.3, 0.4) is 0 Å². The van der Waals surface area contributed by atoms with Gasteiger partial charge in [-0.25, -0.2) is 0 Å². The van der Waals surface area contributed by atoms with Gasteiger partial charge in [-0.2, -0.15) is 0 Å². The standard InChI is InChI=1S/C13H22O2/c1-12-5-3-4-6-13(12,2)10(9-12)11-14-7-8-15-11/h10-11H,3-9H2,1-2H3. The summed E-state index contributed by atoms with van der Waals surface area (Å²) < 4.78 is 11.4. The van der Waals surface area contributed by atoms with E-state index in [1.807, 2.05) is 0 Å². The van der Waals surface area contributed by atoms with Gasteiger partial charge in [-0.3, -0.25) is 0 Å². The average molecular weight is 210 g/mol. The fraction of sp³-hybridized carbons (Fsp3) is 1.00. The third-order valence-corrected chi connectivity index (χ3v) is 5.52. The second-order valence-electron chi connectivity index (χ2n) is 6.11. The van der Waals surface area contributed by atoms with Crippen LogP contribution in [0.2, 0.25) is 0 Å². The van der Waals surface area contributed by atoms with Crippen molar-refractivity contribution in [1.82, 2.24) is 0 Å². The normalized spacial score (nSPS) is 51.2. The average Bonchev–Trinajstić information content (AvgIpc) is 2.71. The Morgan fingerprint density at radius 2 is 1.67 bits per heavy atom. The van der Waals surface area contributed by atoms with Crippen molar-refractivity contribution in [2.75, 3.05) is 13.2 Å². The Hall–Kier alpha value is -0.0800. The molecule has 0 aromatic heterocycles. The maximum Gasteiger partial charge on any atom is 0.161 e. The molecular formula is C13H22O2. The highest BCUT2D eigenvalue weighted by atomic mass is 16.7. The first-order valence-electron chi connectivity index (χ1n) is 6.39. The number of hydrogen-bond donors (Lipinski definition) is 0. The molecule has 1 aliphatic heterocycles. The molecule has 3 rings (SSSR count). The van der Waals surface area contributed by atoms with E-state index in [1.54, 1.807) is 0 Å². The zero-order valence-electron chi connectivity index (χ0n) is 9.92. The zero-order valence-corrected chi connectivity index (χ0v) is 9.92. The van der Waals surface area contributed by atoms with Crippen LogP contribution in [0, 0.1) is 16.7 Å². The van der Waals surface area contributed by atoms with Crippen LogP contribution in [0.25, 0.3) is 0 Å². The minimum absolute atomic E-state index is 0.112. The van der Waals surface area contributed by atoms with E-state index in [2.05, 4.69) is 13.8 Å². The predicted octanol–water partition coefficient (Wildman–Crippen LogP) is 2.97. The maximum absolute atomic E-state index is 5.69. The Balaban J connectivity index is 1.78. The second kappa shape index (κ2) is 3.21. The lowest BCUT2D eigenvalue weighted by Gasteiger charge is -2.65. The van der Waals surface area contributed by atoms with E-state index in [-0.39, 0.29) is 6.29 Å². The summed E-state index contributed by atoms with van der Waals surface area (Å²) >= 11 is 0. The topological polar surface area (TPSA) is 18.5 Å². The number of ether oxygens (including phenoxy) is 2. The van der Waals surface area contributed by atoms with Gasteiger partial charge in [-0.15, -0.1) is 0 Å². The molecular weight excluding hydrogens is 188 g/mol. The lowest BCUT2D eigenvalue weighted by molar-refractivity contribution is -0.239. The Morgan fingerprint density at radius 1 is 1.00 bits per heavy atom. The van der Waals surface area contributed by atoms with Gasteiger partial charge in [0.1, 0.15) is 0 Å². The van der Waals surface area contributed by atoms with Gasteiger partial charge in [0.05, 0.1) is 13.2 Å². The Labute approximate surface area is 92.3 Å². The monoisotopic (exact) mass is 210 g/mol. The van der Waals surface area contributed by atoms with Crippen LogP contribution >= 0.6 is 0 Å². The molecule has 2 heteroatoms. The first-order valence-corrected chi connectivity index (χ1v) is 6.39. The van der Waals surface area contributed by atoms with Gasteiger partial charge in [-0.1, -0.05) is 26.7 Å². The van der Waals surface area contributed by atoms with Gasteiger partial charge in [0.15, 0.2) is 6.29 Å². The van der Waals surface area contributed by atoms with Crippen molar-refractivity contribution in [3.8, 4) is 0 Å². The highest BCUT2D eigenvalue weighted by Crippen LogP contribution is 2.68. The highest BCUT2D eigenvalue weighted by molar-refractivity contribution is 5.10. The van der Waals surface area contributed by atoms with Crippen molar-refractivity contribution >= 4 is 0 Å². The van der Waals surface area contributed by atoms with Crippen LogP contribution in [-0.2, 0) is 9.47 Å². The summed E-state index contributed by atoms with van der Waals surface area (Å²) in [4.78, 5) is 0. The van der Waals surface area contributed by atoms with Crippen molar-refractivity contribution in [3.05, 3.63) is 0 Å². The van der Waals surface area contributed by atoms with Crippen LogP contribution in [-0.4, -0.2) is 19.5 Å². The molecule has 0 spiro atoms. The molecule has 0 amide bonds. The molecule has 2 nitrogen and oxygen atoms in total. The molecule has 86 valence electrons. The van der Waals surface area contributed by atoms with Crippen molar-refractivity contribution in [1.29, 1.82) is 0 Å². The molecule has 0 radical (unpaired) electrons. The van der Waals surface area contributed by atoms with Crippen molar-refractivity contribution < 1.29 is 9.47 Å². The maximum atomic E-state index is 5.69. The molecule has 2 saturated carbocycles. The predicted molar refractivity (Wildman–Crippen MR) is 58.5 cm³/mol.